The molecule has 18 heavy (non-hydrogen) atoms. The number of nitrogens with one attached hydrogen (secondary N) is 1. The van der Waals surface area contributed by atoms with Crippen LogP contribution in [0.5, 0.6) is 0 Å². The van der Waals surface area contributed by atoms with Gasteiger partial charge in [-0.1, -0.05) is 0 Å². The summed E-state index contributed by atoms with van der Waals surface area (Å²) in [6.07, 6.45) is 1.59. The molecule has 1 N–H and O–H groups in total. The molecule has 6 heteroatoms. The van der Waals surface area contributed by atoms with Gasteiger partial charge in [-0.3, -0.25) is 9.59 Å². The normalized spacial score (nSPS) is 14.1. The van der Waals surface area contributed by atoms with Crippen molar-refractivity contribution in [1.29, 1.82) is 0 Å². The van der Waals surface area contributed by atoms with Gasteiger partial charge in [0.25, 0.3) is 5.91 Å². The van der Waals surface area contributed by atoms with E-state index in [9.17, 15) is 18.4 Å². The van der Waals surface area contributed by atoms with Crippen LogP contribution in [-0.2, 0) is 14.3 Å². The van der Waals surface area contributed by atoms with Crippen LogP contribution in [0, 0.1) is 17.6 Å². The van der Waals surface area contributed by atoms with Crippen molar-refractivity contribution >= 4 is 17.6 Å². The highest BCUT2D eigenvalue weighted by atomic mass is 19.2. The number of halogens is 2. The maximum atomic E-state index is 12.8. The second-order valence-corrected chi connectivity index (χ2v) is 4.06. The number of ether oxygens (including phenoxy) is 1. The smallest absolute Gasteiger partial charge is 0.309 e. The number of anilines is 1. The third-order valence-electron chi connectivity index (χ3n) is 2.46. The zero-order chi connectivity index (χ0) is 13.1. The molecule has 0 unspecified atom stereocenters. The number of carbonyl (C=O) groups is 2. The zero-order valence-electron chi connectivity index (χ0n) is 9.41. The Morgan fingerprint density at radius 2 is 2.00 bits per heavy atom. The monoisotopic (exact) mass is 255 g/mol. The van der Waals surface area contributed by atoms with Gasteiger partial charge in [0.15, 0.2) is 18.2 Å². The molecule has 0 atom stereocenters. The molecule has 1 amide bonds. The first-order valence-corrected chi connectivity index (χ1v) is 5.48. The largest absolute Gasteiger partial charge is 0.455 e. The Labute approximate surface area is 102 Å². The summed E-state index contributed by atoms with van der Waals surface area (Å²) in [5, 5.41) is 2.30. The van der Waals surface area contributed by atoms with Gasteiger partial charge >= 0.3 is 5.97 Å². The van der Waals surface area contributed by atoms with Crippen LogP contribution in [0.3, 0.4) is 0 Å². The van der Waals surface area contributed by atoms with E-state index in [1.54, 1.807) is 0 Å². The topological polar surface area (TPSA) is 55.4 Å². The molecular formula is C12H11F2NO3. The standard InChI is InChI=1S/C12H11F2NO3/c13-9-4-3-8(5-10(9)14)15-11(16)6-18-12(17)7-1-2-7/h3-5,7H,1-2,6H2,(H,15,16). The Morgan fingerprint density at radius 3 is 2.61 bits per heavy atom. The van der Waals surface area contributed by atoms with Crippen LogP contribution in [0.25, 0.3) is 0 Å². The molecule has 1 fully saturated rings. The molecule has 2 rings (SSSR count). The molecule has 0 aromatic heterocycles. The maximum Gasteiger partial charge on any atom is 0.309 e. The van der Waals surface area contributed by atoms with E-state index < -0.39 is 30.1 Å². The second kappa shape index (κ2) is 5.12. The summed E-state index contributed by atoms with van der Waals surface area (Å²) < 4.78 is 30.2. The molecule has 0 saturated heterocycles. The first-order chi connectivity index (χ1) is 8.56. The van der Waals surface area contributed by atoms with Gasteiger partial charge in [0.2, 0.25) is 0 Å². The number of hydrogen-bond donors (Lipinski definition) is 1. The number of benzene rings is 1. The van der Waals surface area contributed by atoms with Crippen molar-refractivity contribution < 1.29 is 23.1 Å². The molecule has 0 aliphatic heterocycles. The minimum Gasteiger partial charge on any atom is -0.455 e. The Balaban J connectivity index is 1.82. The zero-order valence-corrected chi connectivity index (χ0v) is 9.41. The van der Waals surface area contributed by atoms with Crippen molar-refractivity contribution in [2.45, 2.75) is 12.8 Å². The lowest BCUT2D eigenvalue weighted by Gasteiger charge is -2.06. The minimum atomic E-state index is -1.05. The molecule has 1 aromatic rings. The average molecular weight is 255 g/mol. The van der Waals surface area contributed by atoms with E-state index in [1.807, 2.05) is 0 Å². The van der Waals surface area contributed by atoms with Crippen LogP contribution < -0.4 is 5.32 Å². The van der Waals surface area contributed by atoms with Crippen molar-refractivity contribution in [2.75, 3.05) is 11.9 Å². The third-order valence-corrected chi connectivity index (χ3v) is 2.46. The lowest BCUT2D eigenvalue weighted by molar-refractivity contribution is -0.148. The van der Waals surface area contributed by atoms with Crippen LogP contribution in [0.1, 0.15) is 12.8 Å². The van der Waals surface area contributed by atoms with Crippen LogP contribution in [0.15, 0.2) is 18.2 Å². The van der Waals surface area contributed by atoms with Crippen LogP contribution in [0.4, 0.5) is 14.5 Å². The van der Waals surface area contributed by atoms with Crippen molar-refractivity contribution in [2.24, 2.45) is 5.92 Å². The quantitative estimate of drug-likeness (QED) is 0.835. The fourth-order valence-corrected chi connectivity index (χ4v) is 1.34. The highest BCUT2D eigenvalue weighted by Gasteiger charge is 2.31. The number of hydrogen-bond acceptors (Lipinski definition) is 3. The number of esters is 1. The molecule has 0 spiro atoms. The van der Waals surface area contributed by atoms with Crippen molar-refractivity contribution in [3.8, 4) is 0 Å². The van der Waals surface area contributed by atoms with Gasteiger partial charge in [-0.2, -0.15) is 0 Å². The molecule has 4 nitrogen and oxygen atoms in total. The predicted molar refractivity (Wildman–Crippen MR) is 58.7 cm³/mol. The molecule has 0 bridgehead atoms. The summed E-state index contributed by atoms with van der Waals surface area (Å²) >= 11 is 0. The van der Waals surface area contributed by atoms with E-state index in [0.29, 0.717) is 0 Å². The Kier molecular flexibility index (Phi) is 3.55. The maximum absolute atomic E-state index is 12.8. The van der Waals surface area contributed by atoms with Gasteiger partial charge in [0.1, 0.15) is 0 Å². The van der Waals surface area contributed by atoms with Crippen molar-refractivity contribution in [3.05, 3.63) is 29.8 Å². The lowest BCUT2D eigenvalue weighted by Crippen LogP contribution is -2.21. The summed E-state index contributed by atoms with van der Waals surface area (Å²) in [5.41, 5.74) is 0.112. The SMILES string of the molecule is O=C(COC(=O)C1CC1)Nc1ccc(F)c(F)c1. The van der Waals surface area contributed by atoms with E-state index in [0.717, 1.165) is 25.0 Å². The molecule has 0 radical (unpaired) electrons. The van der Waals surface area contributed by atoms with Gasteiger partial charge in [0, 0.05) is 11.8 Å². The van der Waals surface area contributed by atoms with E-state index >= 15 is 0 Å². The van der Waals surface area contributed by atoms with Gasteiger partial charge in [0.05, 0.1) is 5.92 Å². The predicted octanol–water partition coefficient (Wildman–Crippen LogP) is 1.86. The van der Waals surface area contributed by atoms with E-state index in [1.165, 1.54) is 6.07 Å². The fourth-order valence-electron chi connectivity index (χ4n) is 1.34. The fraction of sp³-hybridized carbons (Fsp3) is 0.333. The molecule has 1 aromatic carbocycles. The summed E-state index contributed by atoms with van der Waals surface area (Å²) in [7, 11) is 0. The highest BCUT2D eigenvalue weighted by molar-refractivity contribution is 5.93. The van der Waals surface area contributed by atoms with Crippen LogP contribution >= 0.6 is 0 Å². The first-order valence-electron chi connectivity index (χ1n) is 5.48. The summed E-state index contributed by atoms with van der Waals surface area (Å²) in [5.74, 6) is -3.11. The van der Waals surface area contributed by atoms with Crippen LogP contribution in [0.2, 0.25) is 0 Å². The number of rotatable bonds is 4. The third kappa shape index (κ3) is 3.26. The van der Waals surface area contributed by atoms with E-state index in [4.69, 9.17) is 4.74 Å². The first kappa shape index (κ1) is 12.5. The van der Waals surface area contributed by atoms with Gasteiger partial charge in [-0.15, -0.1) is 0 Å². The Hall–Kier alpha value is -1.98. The van der Waals surface area contributed by atoms with Gasteiger partial charge in [-0.25, -0.2) is 8.78 Å². The molecule has 1 saturated carbocycles. The van der Waals surface area contributed by atoms with Crippen LogP contribution in [-0.4, -0.2) is 18.5 Å². The van der Waals surface area contributed by atoms with Gasteiger partial charge < -0.3 is 10.1 Å². The number of carbonyl (C=O) groups excluding carboxylic acids is 2. The Bertz CT molecular complexity index is 486. The molecule has 0 heterocycles. The second-order valence-electron chi connectivity index (χ2n) is 4.06. The van der Waals surface area contributed by atoms with Crippen molar-refractivity contribution in [1.82, 2.24) is 0 Å². The molecule has 1 aliphatic rings. The Morgan fingerprint density at radius 1 is 1.28 bits per heavy atom. The molecule has 96 valence electrons. The average Bonchev–Trinajstić information content (AvgIpc) is 3.15. The van der Waals surface area contributed by atoms with Crippen molar-refractivity contribution in [3.63, 3.8) is 0 Å². The van der Waals surface area contributed by atoms with E-state index in [2.05, 4.69) is 5.32 Å². The summed E-state index contributed by atoms with van der Waals surface area (Å²) in [6, 6.07) is 2.98. The molecule has 1 aliphatic carbocycles. The number of amides is 1. The summed E-state index contributed by atoms with van der Waals surface area (Å²) in [4.78, 5) is 22.5. The molecular weight excluding hydrogens is 244 g/mol. The van der Waals surface area contributed by atoms with Gasteiger partial charge in [-0.05, 0) is 25.0 Å². The summed E-state index contributed by atoms with van der Waals surface area (Å²) in [6.45, 7) is -0.422. The van der Waals surface area contributed by atoms with E-state index in [-0.39, 0.29) is 11.6 Å². The lowest BCUT2D eigenvalue weighted by atomic mass is 10.3. The minimum absolute atomic E-state index is 0.0823. The highest BCUT2D eigenvalue weighted by Crippen LogP contribution is 2.29.